The highest BCUT2D eigenvalue weighted by atomic mass is 31.2. The Balaban J connectivity index is 2.34. The van der Waals surface area contributed by atoms with E-state index in [4.69, 9.17) is 28.1 Å². The predicted octanol–water partition coefficient (Wildman–Crippen LogP) is 11.9. The van der Waals surface area contributed by atoms with Gasteiger partial charge in [-0.1, -0.05) is 194 Å². The van der Waals surface area contributed by atoms with Crippen molar-refractivity contribution in [1.29, 1.82) is 0 Å². The molecule has 1 rings (SSSR count). The second-order valence-corrected chi connectivity index (χ2v) is 21.6. The summed E-state index contributed by atoms with van der Waals surface area (Å²) in [5, 5.41) is 5.66. The quantitative estimate of drug-likeness (QED) is 0.0222. The van der Waals surface area contributed by atoms with Crippen LogP contribution in [-0.4, -0.2) is 104 Å². The van der Waals surface area contributed by atoms with E-state index in [1.807, 2.05) is 0 Å². The zero-order valence-electron chi connectivity index (χ0n) is 46.7. The molecular weight excluding hydrogens is 986 g/mol. The van der Waals surface area contributed by atoms with Gasteiger partial charge in [-0.3, -0.25) is 37.8 Å². The number of amides is 4. The fourth-order valence-corrected chi connectivity index (χ4v) is 9.26. The number of rotatable bonds is 54. The van der Waals surface area contributed by atoms with E-state index in [0.717, 1.165) is 38.5 Å². The average Bonchev–Trinajstić information content (AvgIpc) is 3.70. The molecule has 436 valence electrons. The molecule has 0 radical (unpaired) electrons. The van der Waals surface area contributed by atoms with E-state index in [1.165, 1.54) is 141 Å². The van der Waals surface area contributed by atoms with Gasteiger partial charge in [-0.15, -0.1) is 5.06 Å². The molecule has 19 heteroatoms. The Morgan fingerprint density at radius 3 is 1.32 bits per heavy atom. The summed E-state index contributed by atoms with van der Waals surface area (Å²) < 4.78 is 39.4. The third-order valence-electron chi connectivity index (χ3n) is 13.1. The molecule has 2 atom stereocenters. The highest BCUT2D eigenvalue weighted by molar-refractivity contribution is 7.47. The van der Waals surface area contributed by atoms with Crippen LogP contribution in [0.1, 0.15) is 264 Å². The summed E-state index contributed by atoms with van der Waals surface area (Å²) in [6, 6.07) is 0. The Morgan fingerprint density at radius 1 is 0.480 bits per heavy atom. The van der Waals surface area contributed by atoms with Crippen LogP contribution in [0, 0.1) is 0 Å². The summed E-state index contributed by atoms with van der Waals surface area (Å²) in [5.41, 5.74) is 0. The van der Waals surface area contributed by atoms with Crippen LogP contribution in [0.2, 0.25) is 0 Å². The van der Waals surface area contributed by atoms with Crippen LogP contribution in [-0.2, 0) is 66.2 Å². The third kappa shape index (κ3) is 44.3. The lowest BCUT2D eigenvalue weighted by Gasteiger charge is -2.20. The van der Waals surface area contributed by atoms with Gasteiger partial charge in [0.1, 0.15) is 6.61 Å². The van der Waals surface area contributed by atoms with Crippen molar-refractivity contribution >= 4 is 49.4 Å². The molecule has 0 aromatic rings. The molecule has 0 spiro atoms. The zero-order valence-corrected chi connectivity index (χ0v) is 47.6. The predicted molar refractivity (Wildman–Crippen MR) is 289 cm³/mol. The van der Waals surface area contributed by atoms with Crippen molar-refractivity contribution < 1.29 is 71.1 Å². The fourth-order valence-electron chi connectivity index (χ4n) is 8.51. The molecule has 4 amide bonds. The first-order valence-electron chi connectivity index (χ1n) is 29.5. The summed E-state index contributed by atoms with van der Waals surface area (Å²) in [4.78, 5) is 100. The maximum atomic E-state index is 12.9. The first kappa shape index (κ1) is 69.6. The maximum Gasteiger partial charge on any atom is 0.472 e. The zero-order chi connectivity index (χ0) is 54.9. The topological polar surface area (TPSA) is 239 Å². The second kappa shape index (κ2) is 48.9. The molecule has 0 bridgehead atoms. The monoisotopic (exact) mass is 1090 g/mol. The van der Waals surface area contributed by atoms with Gasteiger partial charge in [0, 0.05) is 64.6 Å². The summed E-state index contributed by atoms with van der Waals surface area (Å²) in [5.74, 6) is -3.57. The van der Waals surface area contributed by atoms with Crippen molar-refractivity contribution in [1.82, 2.24) is 15.7 Å². The van der Waals surface area contributed by atoms with Crippen LogP contribution >= 0.6 is 7.82 Å². The normalized spacial score (nSPS) is 13.7. The molecule has 1 fully saturated rings. The van der Waals surface area contributed by atoms with Gasteiger partial charge in [-0.2, -0.15) is 0 Å². The van der Waals surface area contributed by atoms with Crippen molar-refractivity contribution in [2.45, 2.75) is 270 Å². The van der Waals surface area contributed by atoms with Crippen LogP contribution in [0.25, 0.3) is 0 Å². The molecule has 0 aliphatic carbocycles. The maximum absolute atomic E-state index is 12.9. The fraction of sp³-hybridized carbons (Fsp3) is 0.875. The van der Waals surface area contributed by atoms with Gasteiger partial charge in [-0.05, 0) is 25.7 Å². The Labute approximate surface area is 451 Å². The molecule has 1 heterocycles. The lowest BCUT2D eigenvalue weighted by atomic mass is 10.0. The van der Waals surface area contributed by atoms with Crippen LogP contribution in [0.15, 0.2) is 0 Å². The van der Waals surface area contributed by atoms with Crippen molar-refractivity contribution in [3.63, 3.8) is 0 Å². The number of hydroxylamine groups is 2. The van der Waals surface area contributed by atoms with E-state index in [1.54, 1.807) is 0 Å². The van der Waals surface area contributed by atoms with Gasteiger partial charge >= 0.3 is 25.7 Å². The minimum Gasteiger partial charge on any atom is -0.462 e. The number of carbonyl (C=O) groups is 7. The van der Waals surface area contributed by atoms with Crippen LogP contribution < -0.4 is 10.6 Å². The number of imide groups is 1. The molecule has 1 aliphatic heterocycles. The molecule has 0 aromatic carbocycles. The van der Waals surface area contributed by atoms with Crippen LogP contribution in [0.5, 0.6) is 0 Å². The summed E-state index contributed by atoms with van der Waals surface area (Å²) in [6.45, 7) is 3.77. The molecular formula is C56H102N3O15P. The van der Waals surface area contributed by atoms with Gasteiger partial charge < -0.3 is 34.6 Å². The summed E-state index contributed by atoms with van der Waals surface area (Å²) >= 11 is 0. The van der Waals surface area contributed by atoms with Gasteiger partial charge in [0.05, 0.1) is 19.8 Å². The number of nitrogens with one attached hydrogen (secondary N) is 2. The first-order valence-corrected chi connectivity index (χ1v) is 31.0. The summed E-state index contributed by atoms with van der Waals surface area (Å²) in [6.07, 6.45) is 36.2. The third-order valence-corrected chi connectivity index (χ3v) is 14.0. The van der Waals surface area contributed by atoms with E-state index in [9.17, 15) is 43.0 Å². The minimum absolute atomic E-state index is 0.0106. The number of unbranched alkanes of at least 4 members (excludes halogenated alkanes) is 29. The molecule has 1 saturated heterocycles. The standard InChI is InChI=1S/C56H102N3O15P/c1-3-5-7-9-11-13-15-17-19-21-23-25-27-29-31-35-54(64)70-47-49(73-55(65)36-32-30-28-26-24-22-20-18-16-14-12-10-8-6-4-2)48-72-75(67,68)71-46-43-58-51(61)39-38-50(60)57-42-45-69-44-34-33-37-56(66)74-59-52(62)40-41-53(59)63/h49H,3-48H2,1-2H3,(H,57,60)(H,58,61)(H,67,68)/t49-/m1/s1. The lowest BCUT2D eigenvalue weighted by Crippen LogP contribution is -2.32. The van der Waals surface area contributed by atoms with Gasteiger partial charge in [0.2, 0.25) is 11.8 Å². The number of phosphoric acid groups is 1. The van der Waals surface area contributed by atoms with Crippen molar-refractivity contribution in [2.24, 2.45) is 0 Å². The Bertz CT molecular complexity index is 1550. The number of carbonyl (C=O) groups excluding carboxylic acids is 7. The highest BCUT2D eigenvalue weighted by Crippen LogP contribution is 2.43. The van der Waals surface area contributed by atoms with Crippen molar-refractivity contribution in [3.05, 3.63) is 0 Å². The molecule has 3 N–H and O–H groups in total. The molecule has 18 nitrogen and oxygen atoms in total. The van der Waals surface area contributed by atoms with E-state index in [0.29, 0.717) is 37.4 Å². The number of hydrogen-bond acceptors (Lipinski definition) is 14. The minimum atomic E-state index is -4.67. The smallest absolute Gasteiger partial charge is 0.462 e. The SMILES string of the molecule is CCCCCCCCCCCCCCCCCC(=O)OC[C@H](COP(=O)(O)OCCNC(=O)CCC(=O)NCCOCCCCC(=O)ON1C(=O)CCC1=O)OC(=O)CCCCCCCCCCCCCCCCC. The number of nitrogens with zero attached hydrogens (tertiary/aromatic N) is 1. The van der Waals surface area contributed by atoms with Gasteiger partial charge in [0.15, 0.2) is 6.10 Å². The number of hydrogen-bond donors (Lipinski definition) is 3. The van der Waals surface area contributed by atoms with E-state index in [2.05, 4.69) is 24.5 Å². The first-order chi connectivity index (χ1) is 36.4. The van der Waals surface area contributed by atoms with Crippen molar-refractivity contribution in [3.8, 4) is 0 Å². The van der Waals surface area contributed by atoms with Crippen LogP contribution in [0.3, 0.4) is 0 Å². The number of phosphoric ester groups is 1. The van der Waals surface area contributed by atoms with Crippen molar-refractivity contribution in [2.75, 3.05) is 46.1 Å². The second-order valence-electron chi connectivity index (χ2n) is 20.1. The van der Waals surface area contributed by atoms with E-state index < -0.39 is 56.2 Å². The molecule has 0 aromatic heterocycles. The van der Waals surface area contributed by atoms with Gasteiger partial charge in [-0.25, -0.2) is 9.36 Å². The van der Waals surface area contributed by atoms with E-state index in [-0.39, 0.29) is 83.8 Å². The Kier molecular flexibility index (Phi) is 45.4. The summed E-state index contributed by atoms with van der Waals surface area (Å²) in [7, 11) is -4.67. The van der Waals surface area contributed by atoms with E-state index >= 15 is 0 Å². The largest absolute Gasteiger partial charge is 0.472 e. The van der Waals surface area contributed by atoms with Gasteiger partial charge in [0.25, 0.3) is 11.8 Å². The number of ether oxygens (including phenoxy) is 3. The Hall–Kier alpha value is -3.44. The molecule has 0 saturated carbocycles. The number of esters is 2. The molecule has 75 heavy (non-hydrogen) atoms. The van der Waals surface area contributed by atoms with Crippen LogP contribution in [0.4, 0.5) is 0 Å². The molecule has 1 aliphatic rings. The lowest BCUT2D eigenvalue weighted by molar-refractivity contribution is -0.197. The average molecular weight is 1090 g/mol. The Morgan fingerprint density at radius 2 is 0.867 bits per heavy atom. The highest BCUT2D eigenvalue weighted by Gasteiger charge is 2.32. The molecule has 1 unspecified atom stereocenters.